The van der Waals surface area contributed by atoms with E-state index >= 15 is 0 Å². The molecule has 37 heavy (non-hydrogen) atoms. The van der Waals surface area contributed by atoms with E-state index in [0.717, 1.165) is 17.7 Å². The van der Waals surface area contributed by atoms with Gasteiger partial charge in [0.05, 0.1) is 17.9 Å². The number of hydrogen-bond acceptors (Lipinski definition) is 5. The number of thioether (sulfide) groups is 1. The Labute approximate surface area is 224 Å². The highest BCUT2D eigenvalue weighted by Gasteiger charge is 2.74. The SMILES string of the molecule is CSc1cccc(NC(=O)[C@H]2[C@H]3C=C[C@@]4(O3)[C@H]2C(=O)N(C(C)(C)C)[C@@H]4C(=O)N[C@@H]2CCC[C@@H](C)[C@H]2C)c1. The van der Waals surface area contributed by atoms with Crippen molar-refractivity contribution < 1.29 is 19.1 Å². The summed E-state index contributed by atoms with van der Waals surface area (Å²) in [5, 5.41) is 6.31. The number of likely N-dealkylation sites (tertiary alicyclic amines) is 1. The first-order valence-electron chi connectivity index (χ1n) is 13.4. The smallest absolute Gasteiger partial charge is 0.246 e. The van der Waals surface area contributed by atoms with Gasteiger partial charge in [-0.3, -0.25) is 14.4 Å². The Kier molecular flexibility index (Phi) is 6.72. The molecule has 2 bridgehead atoms. The van der Waals surface area contributed by atoms with Crippen LogP contribution in [0.1, 0.15) is 53.9 Å². The van der Waals surface area contributed by atoms with Crippen molar-refractivity contribution >= 4 is 35.2 Å². The quantitative estimate of drug-likeness (QED) is 0.444. The molecule has 200 valence electrons. The first kappa shape index (κ1) is 26.3. The molecule has 3 aliphatic heterocycles. The summed E-state index contributed by atoms with van der Waals surface area (Å²) in [6.45, 7) is 10.2. The molecule has 4 aliphatic rings. The predicted molar refractivity (Wildman–Crippen MR) is 145 cm³/mol. The topological polar surface area (TPSA) is 87.7 Å². The lowest BCUT2D eigenvalue weighted by Crippen LogP contribution is -2.61. The minimum Gasteiger partial charge on any atom is -0.359 e. The number of carbonyl (C=O) groups excluding carboxylic acids is 3. The number of nitrogens with one attached hydrogen (secondary N) is 2. The van der Waals surface area contributed by atoms with Crippen LogP contribution >= 0.6 is 11.8 Å². The van der Waals surface area contributed by atoms with Crippen LogP contribution in [0.25, 0.3) is 0 Å². The van der Waals surface area contributed by atoms with Crippen LogP contribution in [0.4, 0.5) is 5.69 Å². The third kappa shape index (κ3) is 4.30. The zero-order valence-corrected chi connectivity index (χ0v) is 23.4. The second kappa shape index (κ2) is 9.45. The summed E-state index contributed by atoms with van der Waals surface area (Å²) in [6, 6.07) is 6.88. The van der Waals surface area contributed by atoms with Crippen molar-refractivity contribution in [3.63, 3.8) is 0 Å². The lowest BCUT2D eigenvalue weighted by Gasteiger charge is -2.41. The van der Waals surface area contributed by atoms with Crippen molar-refractivity contribution in [2.24, 2.45) is 23.7 Å². The van der Waals surface area contributed by atoms with E-state index in [-0.39, 0.29) is 23.8 Å². The molecule has 1 saturated carbocycles. The van der Waals surface area contributed by atoms with Crippen LogP contribution in [0.3, 0.4) is 0 Å². The molecule has 5 rings (SSSR count). The molecule has 2 saturated heterocycles. The maximum absolute atomic E-state index is 14.1. The molecule has 1 spiro atoms. The molecule has 0 aromatic heterocycles. The van der Waals surface area contributed by atoms with E-state index in [1.807, 2.05) is 63.4 Å². The molecule has 3 fully saturated rings. The Morgan fingerprint density at radius 2 is 1.92 bits per heavy atom. The largest absolute Gasteiger partial charge is 0.359 e. The van der Waals surface area contributed by atoms with Crippen LogP contribution in [-0.2, 0) is 19.1 Å². The molecule has 2 N–H and O–H groups in total. The first-order chi connectivity index (χ1) is 17.5. The van der Waals surface area contributed by atoms with Crippen molar-refractivity contribution in [1.29, 1.82) is 0 Å². The van der Waals surface area contributed by atoms with Gasteiger partial charge >= 0.3 is 0 Å². The fourth-order valence-electron chi connectivity index (χ4n) is 6.87. The summed E-state index contributed by atoms with van der Waals surface area (Å²) >= 11 is 1.60. The Morgan fingerprint density at radius 1 is 1.16 bits per heavy atom. The van der Waals surface area contributed by atoms with Crippen LogP contribution in [0.15, 0.2) is 41.3 Å². The van der Waals surface area contributed by atoms with Gasteiger partial charge in [0.15, 0.2) is 0 Å². The number of nitrogens with zero attached hydrogens (tertiary/aromatic N) is 1. The van der Waals surface area contributed by atoms with E-state index in [1.54, 1.807) is 16.7 Å². The van der Waals surface area contributed by atoms with Crippen molar-refractivity contribution in [2.75, 3.05) is 11.6 Å². The van der Waals surface area contributed by atoms with Crippen molar-refractivity contribution in [3.8, 4) is 0 Å². The second-order valence-electron chi connectivity index (χ2n) is 12.2. The summed E-state index contributed by atoms with van der Waals surface area (Å²) in [5.74, 6) is -1.19. The van der Waals surface area contributed by atoms with Gasteiger partial charge in [0.1, 0.15) is 11.6 Å². The van der Waals surface area contributed by atoms with E-state index in [1.165, 1.54) is 6.42 Å². The fourth-order valence-corrected chi connectivity index (χ4v) is 7.32. The summed E-state index contributed by atoms with van der Waals surface area (Å²) in [7, 11) is 0. The van der Waals surface area contributed by atoms with Gasteiger partial charge in [-0.05, 0) is 63.5 Å². The number of ether oxygens (including phenoxy) is 1. The number of hydrogen-bond donors (Lipinski definition) is 2. The van der Waals surface area contributed by atoms with Crippen LogP contribution in [0.2, 0.25) is 0 Å². The number of fused-ring (bicyclic) bond motifs is 1. The van der Waals surface area contributed by atoms with Crippen LogP contribution < -0.4 is 10.6 Å². The maximum atomic E-state index is 14.1. The van der Waals surface area contributed by atoms with Crippen molar-refractivity contribution in [3.05, 3.63) is 36.4 Å². The number of carbonyl (C=O) groups is 3. The highest BCUT2D eigenvalue weighted by Crippen LogP contribution is 2.56. The average molecular weight is 526 g/mol. The minimum atomic E-state index is -1.15. The molecule has 8 heteroatoms. The monoisotopic (exact) mass is 525 g/mol. The Hall–Kier alpha value is -2.32. The van der Waals surface area contributed by atoms with Gasteiger partial charge in [0, 0.05) is 22.2 Å². The van der Waals surface area contributed by atoms with E-state index in [2.05, 4.69) is 24.5 Å². The summed E-state index contributed by atoms with van der Waals surface area (Å²) < 4.78 is 6.47. The molecule has 1 aromatic rings. The van der Waals surface area contributed by atoms with Gasteiger partial charge < -0.3 is 20.3 Å². The van der Waals surface area contributed by atoms with E-state index in [0.29, 0.717) is 17.5 Å². The van der Waals surface area contributed by atoms with Crippen LogP contribution in [0, 0.1) is 23.7 Å². The van der Waals surface area contributed by atoms with Gasteiger partial charge in [0.25, 0.3) is 0 Å². The van der Waals surface area contributed by atoms with Crippen LogP contribution in [0.5, 0.6) is 0 Å². The minimum absolute atomic E-state index is 0.0639. The lowest BCUT2D eigenvalue weighted by molar-refractivity contribution is -0.147. The van der Waals surface area contributed by atoms with Crippen molar-refractivity contribution in [1.82, 2.24) is 10.2 Å². The molecule has 1 aliphatic carbocycles. The van der Waals surface area contributed by atoms with Crippen molar-refractivity contribution in [2.45, 2.75) is 88.1 Å². The lowest BCUT2D eigenvalue weighted by atomic mass is 9.73. The van der Waals surface area contributed by atoms with Gasteiger partial charge in [-0.2, -0.15) is 0 Å². The molecule has 3 heterocycles. The molecule has 7 nitrogen and oxygen atoms in total. The Bertz CT molecular complexity index is 1130. The highest BCUT2D eigenvalue weighted by atomic mass is 32.2. The van der Waals surface area contributed by atoms with E-state index in [4.69, 9.17) is 4.74 Å². The zero-order chi connectivity index (χ0) is 26.7. The summed E-state index contributed by atoms with van der Waals surface area (Å²) in [4.78, 5) is 44.4. The van der Waals surface area contributed by atoms with E-state index < -0.39 is 35.1 Å². The average Bonchev–Trinajstić information content (AvgIpc) is 3.49. The summed E-state index contributed by atoms with van der Waals surface area (Å²) in [6.07, 6.45) is 8.37. The number of benzene rings is 1. The third-order valence-corrected chi connectivity index (χ3v) is 9.65. The normalized spacial score (nSPS) is 36.5. The molecule has 0 unspecified atom stereocenters. The van der Waals surface area contributed by atoms with Gasteiger partial charge in [0.2, 0.25) is 17.7 Å². The van der Waals surface area contributed by atoms with Gasteiger partial charge in [-0.1, -0.05) is 44.9 Å². The first-order valence-corrected chi connectivity index (χ1v) is 14.7. The van der Waals surface area contributed by atoms with Gasteiger partial charge in [-0.25, -0.2) is 0 Å². The molecular formula is C29H39N3O4S. The molecule has 0 radical (unpaired) electrons. The summed E-state index contributed by atoms with van der Waals surface area (Å²) in [5.41, 5.74) is -1.08. The Balaban J connectivity index is 1.45. The number of anilines is 1. The van der Waals surface area contributed by atoms with E-state index in [9.17, 15) is 14.4 Å². The number of amides is 3. The maximum Gasteiger partial charge on any atom is 0.246 e. The number of rotatable bonds is 5. The Morgan fingerprint density at radius 3 is 2.62 bits per heavy atom. The second-order valence-corrected chi connectivity index (χ2v) is 13.1. The third-order valence-electron chi connectivity index (χ3n) is 8.92. The highest BCUT2D eigenvalue weighted by molar-refractivity contribution is 7.98. The fraction of sp³-hybridized carbons (Fsp3) is 0.621. The molecule has 8 atom stereocenters. The molecule has 1 aromatic carbocycles. The van der Waals surface area contributed by atoms with Crippen LogP contribution in [-0.4, -0.2) is 58.2 Å². The predicted octanol–water partition coefficient (Wildman–Crippen LogP) is 4.24. The zero-order valence-electron chi connectivity index (χ0n) is 22.6. The standard InChI is InChI=1S/C29H39N3O4S/c1-16-9-7-12-20(17(16)2)31-26(34)24-29-14-13-21(36-29)22(23(29)27(35)32(24)28(3,4)5)25(33)30-18-10-8-11-19(15-18)37-6/h8,10-11,13-17,20-24H,7,9,12H2,1-6H3,(H,30,33)(H,31,34)/t16-,17-,20-,21-,22+,23-,24-,29-/m1/s1. The molecule has 3 amide bonds. The molecular weight excluding hydrogens is 486 g/mol. The van der Waals surface area contributed by atoms with Gasteiger partial charge in [-0.15, -0.1) is 11.8 Å².